The smallest absolute Gasteiger partial charge is 0.316 e. The Bertz CT molecular complexity index is 1270. The summed E-state index contributed by atoms with van der Waals surface area (Å²) in [6.07, 6.45) is 6.19. The minimum atomic E-state index is -0.581. The van der Waals surface area contributed by atoms with E-state index in [4.69, 9.17) is 5.73 Å². The number of azo groups is 2. The van der Waals surface area contributed by atoms with Crippen molar-refractivity contribution in [1.82, 2.24) is 5.32 Å². The number of amides is 2. The average Bonchev–Trinajstić information content (AvgIpc) is 2.78. The lowest BCUT2D eigenvalue weighted by Crippen LogP contribution is -2.28. The molecule has 7 heteroatoms. The highest BCUT2D eigenvalue weighted by molar-refractivity contribution is 6.00. The molecule has 0 saturated heterocycles. The zero-order valence-corrected chi connectivity index (χ0v) is 18.0. The third-order valence-corrected chi connectivity index (χ3v) is 5.09. The number of nitrogens with zero attached hydrogens (tertiary/aromatic N) is 4. The molecule has 0 radical (unpaired) electrons. The number of aryl methyl sites for hydroxylation is 2. The van der Waals surface area contributed by atoms with Gasteiger partial charge >= 0.3 is 6.03 Å². The summed E-state index contributed by atoms with van der Waals surface area (Å²) in [5, 5.41) is 22.3. The summed E-state index contributed by atoms with van der Waals surface area (Å²) in [4.78, 5) is 11.0. The van der Waals surface area contributed by atoms with E-state index in [1.165, 1.54) is 5.56 Å². The molecule has 1 unspecified atom stereocenters. The quantitative estimate of drug-likeness (QED) is 0.430. The zero-order valence-electron chi connectivity index (χ0n) is 18.0. The van der Waals surface area contributed by atoms with Crippen molar-refractivity contribution < 1.29 is 4.79 Å². The van der Waals surface area contributed by atoms with Crippen molar-refractivity contribution in [3.8, 4) is 0 Å². The van der Waals surface area contributed by atoms with Crippen molar-refractivity contribution >= 4 is 33.9 Å². The number of benzene rings is 3. The van der Waals surface area contributed by atoms with Crippen molar-refractivity contribution in [3.63, 3.8) is 0 Å². The molecule has 1 aliphatic rings. The van der Waals surface area contributed by atoms with Crippen molar-refractivity contribution in [2.45, 2.75) is 26.3 Å². The molecule has 3 aromatic rings. The number of nitrogens with two attached hydrogens (primary N) is 1. The fraction of sp³-hybridized carbons (Fsp3) is 0.160. The highest BCUT2D eigenvalue weighted by Crippen LogP contribution is 2.35. The minimum absolute atomic E-state index is 0.102. The second-order valence-electron chi connectivity index (χ2n) is 7.71. The fourth-order valence-corrected chi connectivity index (χ4v) is 3.39. The monoisotopic (exact) mass is 424 g/mol. The first-order valence-corrected chi connectivity index (χ1v) is 10.4. The summed E-state index contributed by atoms with van der Waals surface area (Å²) in [7, 11) is 0. The van der Waals surface area contributed by atoms with E-state index in [0.717, 1.165) is 33.4 Å². The van der Waals surface area contributed by atoms with E-state index in [9.17, 15) is 4.79 Å². The van der Waals surface area contributed by atoms with E-state index in [0.29, 0.717) is 12.1 Å². The average molecular weight is 425 g/mol. The molecule has 0 fully saturated rings. The Kier molecular flexibility index (Phi) is 6.17. The largest absolute Gasteiger partial charge is 0.351 e. The normalized spacial score (nSPS) is 16.1. The van der Waals surface area contributed by atoms with E-state index in [2.05, 4.69) is 31.8 Å². The van der Waals surface area contributed by atoms with Gasteiger partial charge < -0.3 is 11.1 Å². The van der Waals surface area contributed by atoms with Gasteiger partial charge in [-0.2, -0.15) is 15.3 Å². The number of nitrogens with one attached hydrogen (secondary N) is 1. The van der Waals surface area contributed by atoms with Gasteiger partial charge in [0.05, 0.1) is 23.1 Å². The molecule has 32 heavy (non-hydrogen) atoms. The lowest BCUT2D eigenvalue weighted by molar-refractivity contribution is 0.251. The number of fused-ring (bicyclic) bond motifs is 1. The molecule has 4 rings (SSSR count). The molecule has 0 spiro atoms. The van der Waals surface area contributed by atoms with Crippen LogP contribution in [0.15, 0.2) is 99.0 Å². The third kappa shape index (κ3) is 5.13. The van der Waals surface area contributed by atoms with Gasteiger partial charge in [0, 0.05) is 16.5 Å². The molecular weight excluding hydrogens is 400 g/mol. The second kappa shape index (κ2) is 9.34. The topological polar surface area (TPSA) is 105 Å². The van der Waals surface area contributed by atoms with Crippen LogP contribution >= 0.6 is 0 Å². The van der Waals surface area contributed by atoms with Crippen LogP contribution in [0.1, 0.15) is 17.5 Å². The molecule has 160 valence electrons. The van der Waals surface area contributed by atoms with Gasteiger partial charge in [0.1, 0.15) is 0 Å². The first-order valence-electron chi connectivity index (χ1n) is 10.4. The first kappa shape index (κ1) is 21.1. The molecule has 0 saturated carbocycles. The summed E-state index contributed by atoms with van der Waals surface area (Å²) in [5.74, 6) is 0. The molecule has 0 aromatic heterocycles. The van der Waals surface area contributed by atoms with Gasteiger partial charge in [-0.15, -0.1) is 5.11 Å². The molecule has 2 amide bonds. The number of hydrogen-bond donors (Lipinski definition) is 2. The number of hydrogen-bond acceptors (Lipinski definition) is 5. The number of rotatable bonds is 5. The maximum Gasteiger partial charge on any atom is 0.316 e. The zero-order chi connectivity index (χ0) is 22.5. The van der Waals surface area contributed by atoms with Crippen LogP contribution in [-0.4, -0.2) is 12.1 Å². The minimum Gasteiger partial charge on any atom is -0.351 e. The molecular formula is C25H24N6O. The maximum atomic E-state index is 11.0. The predicted octanol–water partition coefficient (Wildman–Crippen LogP) is 6.84. The van der Waals surface area contributed by atoms with Crippen LogP contribution in [0.25, 0.3) is 10.8 Å². The van der Waals surface area contributed by atoms with Crippen LogP contribution < -0.4 is 11.1 Å². The predicted molar refractivity (Wildman–Crippen MR) is 127 cm³/mol. The van der Waals surface area contributed by atoms with Crippen molar-refractivity contribution in [3.05, 3.63) is 89.6 Å². The Morgan fingerprint density at radius 2 is 1.62 bits per heavy atom. The lowest BCUT2D eigenvalue weighted by Gasteiger charge is -2.12. The van der Waals surface area contributed by atoms with Crippen molar-refractivity contribution in [1.29, 1.82) is 0 Å². The fourth-order valence-electron chi connectivity index (χ4n) is 3.39. The second-order valence-corrected chi connectivity index (χ2v) is 7.71. The maximum absolute atomic E-state index is 11.0. The van der Waals surface area contributed by atoms with E-state index >= 15 is 0 Å². The van der Waals surface area contributed by atoms with Gasteiger partial charge in [0.15, 0.2) is 0 Å². The Balaban J connectivity index is 1.59. The summed E-state index contributed by atoms with van der Waals surface area (Å²) >= 11 is 0. The lowest BCUT2D eigenvalue weighted by atomic mass is 10.0. The van der Waals surface area contributed by atoms with Crippen LogP contribution in [-0.2, 0) is 0 Å². The number of primary amides is 1. The van der Waals surface area contributed by atoms with E-state index in [1.54, 1.807) is 6.08 Å². The van der Waals surface area contributed by atoms with Gasteiger partial charge in [0.2, 0.25) is 0 Å². The highest BCUT2D eigenvalue weighted by Gasteiger charge is 2.10. The molecule has 0 aliphatic heterocycles. The van der Waals surface area contributed by atoms with E-state index in [1.807, 2.05) is 74.5 Å². The Morgan fingerprint density at radius 1 is 0.906 bits per heavy atom. The van der Waals surface area contributed by atoms with Gasteiger partial charge in [-0.3, -0.25) is 0 Å². The Morgan fingerprint density at radius 3 is 2.31 bits per heavy atom. The summed E-state index contributed by atoms with van der Waals surface area (Å²) in [6.45, 7) is 4.09. The van der Waals surface area contributed by atoms with E-state index in [-0.39, 0.29) is 6.04 Å². The van der Waals surface area contributed by atoms with Gasteiger partial charge in [-0.1, -0.05) is 47.5 Å². The molecule has 3 aromatic carbocycles. The van der Waals surface area contributed by atoms with Crippen LogP contribution in [0.2, 0.25) is 0 Å². The highest BCUT2D eigenvalue weighted by atomic mass is 16.2. The summed E-state index contributed by atoms with van der Waals surface area (Å²) in [6, 6.07) is 17.2. The Hall–Kier alpha value is -4.13. The number of carbonyl (C=O) groups excluding carboxylic acids is 1. The van der Waals surface area contributed by atoms with Crippen LogP contribution in [0.5, 0.6) is 0 Å². The number of carbonyl (C=O) groups is 1. The molecule has 0 heterocycles. The van der Waals surface area contributed by atoms with Crippen LogP contribution in [0, 0.1) is 13.8 Å². The van der Waals surface area contributed by atoms with Crippen LogP contribution in [0.4, 0.5) is 21.9 Å². The number of allylic oxidation sites excluding steroid dienone is 1. The molecule has 0 bridgehead atoms. The molecule has 1 aliphatic carbocycles. The van der Waals surface area contributed by atoms with Gasteiger partial charge in [0.25, 0.3) is 0 Å². The SMILES string of the molecule is Cc1ccc(N=Nc2ccc(N=NC3C=CC(NC(N)=O)=CC3)c3ccc(C)cc23)cc1. The van der Waals surface area contributed by atoms with Crippen molar-refractivity contribution in [2.75, 3.05) is 0 Å². The molecule has 1 atom stereocenters. The third-order valence-electron chi connectivity index (χ3n) is 5.09. The molecule has 3 N–H and O–H groups in total. The summed E-state index contributed by atoms with van der Waals surface area (Å²) < 4.78 is 0. The van der Waals surface area contributed by atoms with Crippen LogP contribution in [0.3, 0.4) is 0 Å². The Labute approximate surface area is 186 Å². The number of urea groups is 1. The van der Waals surface area contributed by atoms with Gasteiger partial charge in [-0.05, 0) is 56.7 Å². The standard InChI is InChI=1S/C25H24N6O/c1-16-3-6-19(7-4-16)28-31-24-14-13-23(21-12-5-17(2)15-22(21)24)30-29-20-10-8-18(9-11-20)27-25(26)32/h3-10,12-15,20H,11H2,1-2H3,(H3,26,27,32). The first-order chi connectivity index (χ1) is 15.5. The van der Waals surface area contributed by atoms with Gasteiger partial charge in [-0.25, -0.2) is 4.79 Å². The summed E-state index contributed by atoms with van der Waals surface area (Å²) in [5.41, 5.74) is 10.5. The van der Waals surface area contributed by atoms with E-state index < -0.39 is 6.03 Å². The molecule has 7 nitrogen and oxygen atoms in total. The van der Waals surface area contributed by atoms with Crippen molar-refractivity contribution in [2.24, 2.45) is 26.2 Å².